The highest BCUT2D eigenvalue weighted by Gasteiger charge is 2.11. The van der Waals surface area contributed by atoms with Crippen LogP contribution in [0.3, 0.4) is 0 Å². The molecule has 3 aromatic rings. The summed E-state index contributed by atoms with van der Waals surface area (Å²) in [6.45, 7) is 0.341. The molecule has 7 nitrogen and oxygen atoms in total. The molecular formula is C15H17N5O2. The molecule has 3 rings (SSSR count). The van der Waals surface area contributed by atoms with Gasteiger partial charge in [-0.2, -0.15) is 5.10 Å². The molecule has 2 heterocycles. The molecule has 0 aliphatic rings. The van der Waals surface area contributed by atoms with Gasteiger partial charge in [0.05, 0.1) is 18.6 Å². The Hall–Kier alpha value is -2.67. The summed E-state index contributed by atoms with van der Waals surface area (Å²) in [7, 11) is 3.44. The fourth-order valence-corrected chi connectivity index (χ4v) is 2.23. The predicted molar refractivity (Wildman–Crippen MR) is 82.7 cm³/mol. The van der Waals surface area contributed by atoms with Crippen LogP contribution in [0.5, 0.6) is 5.75 Å². The van der Waals surface area contributed by atoms with Crippen molar-refractivity contribution in [2.24, 2.45) is 7.05 Å². The van der Waals surface area contributed by atoms with E-state index in [-0.39, 0.29) is 0 Å². The summed E-state index contributed by atoms with van der Waals surface area (Å²) in [5, 5.41) is 18.5. The maximum Gasteiger partial charge on any atom is 0.186 e. The molecule has 0 saturated heterocycles. The Morgan fingerprint density at radius 1 is 1.27 bits per heavy atom. The first-order valence-electron chi connectivity index (χ1n) is 6.87. The van der Waals surface area contributed by atoms with E-state index < -0.39 is 6.10 Å². The third kappa shape index (κ3) is 2.84. The maximum atomic E-state index is 10.3. The van der Waals surface area contributed by atoms with Crippen LogP contribution in [0.4, 0.5) is 5.82 Å². The Balaban J connectivity index is 1.72. The number of aryl methyl sites for hydroxylation is 1. The lowest BCUT2D eigenvalue weighted by molar-refractivity contribution is 0.191. The minimum absolute atomic E-state index is 0.341. The number of hydrogen-bond acceptors (Lipinski definition) is 6. The van der Waals surface area contributed by atoms with E-state index in [2.05, 4.69) is 20.4 Å². The number of ether oxygens (including phenoxy) is 1. The molecule has 22 heavy (non-hydrogen) atoms. The first-order chi connectivity index (χ1) is 10.7. The molecule has 7 heteroatoms. The first kappa shape index (κ1) is 14.3. The van der Waals surface area contributed by atoms with Gasteiger partial charge < -0.3 is 15.2 Å². The van der Waals surface area contributed by atoms with Crippen molar-refractivity contribution in [1.82, 2.24) is 19.7 Å². The van der Waals surface area contributed by atoms with Crippen molar-refractivity contribution in [3.8, 4) is 5.75 Å². The van der Waals surface area contributed by atoms with Crippen LogP contribution < -0.4 is 10.1 Å². The van der Waals surface area contributed by atoms with E-state index in [1.807, 2.05) is 37.5 Å². The van der Waals surface area contributed by atoms with Crippen molar-refractivity contribution >= 4 is 16.9 Å². The summed E-state index contributed by atoms with van der Waals surface area (Å²) in [4.78, 5) is 8.31. The standard InChI is InChI=1S/C15H17N5O2/c1-20-8-12-14(17-9-18-15(12)19-20)16-7-13(21)10-3-5-11(22-2)6-4-10/h3-6,8-9,13,21H,7H2,1-2H3,(H,16,17,18,19). The van der Waals surface area contributed by atoms with Crippen LogP contribution in [-0.2, 0) is 7.05 Å². The van der Waals surface area contributed by atoms with Crippen LogP contribution in [0, 0.1) is 0 Å². The van der Waals surface area contributed by atoms with Gasteiger partial charge in [0.2, 0.25) is 0 Å². The zero-order chi connectivity index (χ0) is 15.5. The maximum absolute atomic E-state index is 10.3. The number of fused-ring (bicyclic) bond motifs is 1. The van der Waals surface area contributed by atoms with Crippen LogP contribution in [0.15, 0.2) is 36.8 Å². The predicted octanol–water partition coefficient (Wildman–Crippen LogP) is 1.52. The SMILES string of the molecule is COc1ccc(C(O)CNc2ncnc3nn(C)cc23)cc1. The van der Waals surface area contributed by atoms with Crippen molar-refractivity contribution in [1.29, 1.82) is 0 Å². The second kappa shape index (κ2) is 5.98. The number of hydrogen-bond donors (Lipinski definition) is 2. The molecule has 0 amide bonds. The normalized spacial score (nSPS) is 12.3. The Morgan fingerprint density at radius 3 is 2.77 bits per heavy atom. The zero-order valence-electron chi connectivity index (χ0n) is 12.4. The van der Waals surface area contributed by atoms with Crippen molar-refractivity contribution in [3.63, 3.8) is 0 Å². The molecular weight excluding hydrogens is 282 g/mol. The number of rotatable bonds is 5. The molecule has 0 fully saturated rings. The quantitative estimate of drug-likeness (QED) is 0.743. The average Bonchev–Trinajstić information content (AvgIpc) is 2.93. The number of methoxy groups -OCH3 is 1. The van der Waals surface area contributed by atoms with Crippen molar-refractivity contribution in [2.75, 3.05) is 19.0 Å². The smallest absolute Gasteiger partial charge is 0.186 e. The van der Waals surface area contributed by atoms with Gasteiger partial charge in [0.1, 0.15) is 17.9 Å². The third-order valence-corrected chi connectivity index (χ3v) is 3.39. The fraction of sp³-hybridized carbons (Fsp3) is 0.267. The largest absolute Gasteiger partial charge is 0.497 e. The molecule has 1 unspecified atom stereocenters. The first-order valence-corrected chi connectivity index (χ1v) is 6.87. The number of benzene rings is 1. The number of aliphatic hydroxyl groups is 1. The lowest BCUT2D eigenvalue weighted by Crippen LogP contribution is -2.13. The number of aliphatic hydroxyl groups excluding tert-OH is 1. The van der Waals surface area contributed by atoms with Gasteiger partial charge in [-0.3, -0.25) is 4.68 Å². The lowest BCUT2D eigenvalue weighted by atomic mass is 10.1. The van der Waals surface area contributed by atoms with Crippen LogP contribution in [0.25, 0.3) is 11.0 Å². The second-order valence-corrected chi connectivity index (χ2v) is 4.93. The number of nitrogens with zero attached hydrogens (tertiary/aromatic N) is 4. The summed E-state index contributed by atoms with van der Waals surface area (Å²) < 4.78 is 6.79. The molecule has 1 atom stereocenters. The van der Waals surface area contributed by atoms with E-state index in [9.17, 15) is 5.11 Å². The monoisotopic (exact) mass is 299 g/mol. The van der Waals surface area contributed by atoms with Crippen LogP contribution in [-0.4, -0.2) is 38.5 Å². The van der Waals surface area contributed by atoms with E-state index in [1.54, 1.807) is 11.8 Å². The Kier molecular flexibility index (Phi) is 3.88. The van der Waals surface area contributed by atoms with Gasteiger partial charge >= 0.3 is 0 Å². The summed E-state index contributed by atoms with van der Waals surface area (Å²) in [6, 6.07) is 7.32. The summed E-state index contributed by atoms with van der Waals surface area (Å²) in [5.74, 6) is 1.42. The van der Waals surface area contributed by atoms with Crippen molar-refractivity contribution in [2.45, 2.75) is 6.10 Å². The topological polar surface area (TPSA) is 85.1 Å². The number of nitrogens with one attached hydrogen (secondary N) is 1. The Bertz CT molecular complexity index is 769. The highest BCUT2D eigenvalue weighted by Crippen LogP contribution is 2.20. The van der Waals surface area contributed by atoms with Crippen LogP contribution >= 0.6 is 0 Å². The van der Waals surface area contributed by atoms with E-state index >= 15 is 0 Å². The highest BCUT2D eigenvalue weighted by molar-refractivity contribution is 5.85. The van der Waals surface area contributed by atoms with Gasteiger partial charge in [0.15, 0.2) is 5.65 Å². The molecule has 114 valence electrons. The van der Waals surface area contributed by atoms with Crippen LogP contribution in [0.2, 0.25) is 0 Å². The molecule has 2 N–H and O–H groups in total. The fourth-order valence-electron chi connectivity index (χ4n) is 2.23. The van der Waals surface area contributed by atoms with Gasteiger partial charge in [0, 0.05) is 19.8 Å². The minimum Gasteiger partial charge on any atom is -0.497 e. The second-order valence-electron chi connectivity index (χ2n) is 4.93. The molecule has 0 aliphatic carbocycles. The van der Waals surface area contributed by atoms with E-state index in [0.29, 0.717) is 18.0 Å². The molecule has 0 spiro atoms. The van der Waals surface area contributed by atoms with Gasteiger partial charge in [-0.1, -0.05) is 12.1 Å². The highest BCUT2D eigenvalue weighted by atomic mass is 16.5. The summed E-state index contributed by atoms with van der Waals surface area (Å²) in [5.41, 5.74) is 1.43. The zero-order valence-corrected chi connectivity index (χ0v) is 12.4. The molecule has 1 aromatic carbocycles. The van der Waals surface area contributed by atoms with Crippen LogP contribution in [0.1, 0.15) is 11.7 Å². The number of anilines is 1. The molecule has 0 saturated carbocycles. The van der Waals surface area contributed by atoms with Crippen molar-refractivity contribution < 1.29 is 9.84 Å². The van der Waals surface area contributed by atoms with E-state index in [1.165, 1.54) is 6.33 Å². The van der Waals surface area contributed by atoms with E-state index in [4.69, 9.17) is 4.74 Å². The Labute approximate surface area is 127 Å². The Morgan fingerprint density at radius 2 is 2.05 bits per heavy atom. The van der Waals surface area contributed by atoms with Gasteiger partial charge in [-0.05, 0) is 17.7 Å². The lowest BCUT2D eigenvalue weighted by Gasteiger charge is -2.13. The molecule has 0 aliphatic heterocycles. The average molecular weight is 299 g/mol. The van der Waals surface area contributed by atoms with Gasteiger partial charge in [0.25, 0.3) is 0 Å². The third-order valence-electron chi connectivity index (χ3n) is 3.39. The molecule has 0 bridgehead atoms. The van der Waals surface area contributed by atoms with Gasteiger partial charge in [-0.25, -0.2) is 9.97 Å². The summed E-state index contributed by atoms with van der Waals surface area (Å²) in [6.07, 6.45) is 2.65. The van der Waals surface area contributed by atoms with Crippen molar-refractivity contribution in [3.05, 3.63) is 42.4 Å². The van der Waals surface area contributed by atoms with E-state index in [0.717, 1.165) is 16.7 Å². The molecule has 2 aromatic heterocycles. The van der Waals surface area contributed by atoms with Gasteiger partial charge in [-0.15, -0.1) is 0 Å². The summed E-state index contributed by atoms with van der Waals surface area (Å²) >= 11 is 0. The molecule has 0 radical (unpaired) electrons. The number of aromatic nitrogens is 4. The minimum atomic E-state index is -0.646.